The van der Waals surface area contributed by atoms with Crippen LogP contribution in [0.5, 0.6) is 5.75 Å². The smallest absolute Gasteiger partial charge is 0.315 e. The number of hydrogen-bond acceptors (Lipinski definition) is 4. The van der Waals surface area contributed by atoms with Crippen LogP contribution in [0.3, 0.4) is 0 Å². The van der Waals surface area contributed by atoms with Gasteiger partial charge in [0.1, 0.15) is 16.9 Å². The highest BCUT2D eigenvalue weighted by atomic mass is 32.1. The van der Waals surface area contributed by atoms with Crippen LogP contribution in [0.1, 0.15) is 23.7 Å². The summed E-state index contributed by atoms with van der Waals surface area (Å²) >= 11 is 1.62. The van der Waals surface area contributed by atoms with E-state index in [1.807, 2.05) is 43.5 Å². The van der Waals surface area contributed by atoms with Crippen molar-refractivity contribution in [3.63, 3.8) is 0 Å². The van der Waals surface area contributed by atoms with E-state index in [4.69, 9.17) is 4.74 Å². The molecule has 22 heavy (non-hydrogen) atoms. The van der Waals surface area contributed by atoms with Gasteiger partial charge in [0.05, 0.1) is 13.1 Å². The van der Waals surface area contributed by atoms with Gasteiger partial charge in [0.2, 0.25) is 0 Å². The van der Waals surface area contributed by atoms with Crippen LogP contribution in [0.2, 0.25) is 0 Å². The average Bonchev–Trinajstić information content (AvgIpc) is 3.00. The van der Waals surface area contributed by atoms with E-state index >= 15 is 0 Å². The lowest BCUT2D eigenvalue weighted by Crippen LogP contribution is -2.40. The molecule has 1 aromatic heterocycles. The van der Waals surface area contributed by atoms with Crippen molar-refractivity contribution in [3.8, 4) is 5.75 Å². The van der Waals surface area contributed by atoms with Crippen molar-refractivity contribution >= 4 is 17.4 Å². The first-order valence-electron chi connectivity index (χ1n) is 7.34. The van der Waals surface area contributed by atoms with Crippen molar-refractivity contribution in [2.24, 2.45) is 0 Å². The van der Waals surface area contributed by atoms with E-state index in [1.165, 1.54) is 4.88 Å². The van der Waals surface area contributed by atoms with Crippen molar-refractivity contribution in [2.45, 2.75) is 32.9 Å². The summed E-state index contributed by atoms with van der Waals surface area (Å²) < 4.78 is 5.69. The molecule has 0 unspecified atom stereocenters. The molecule has 0 aliphatic carbocycles. The summed E-state index contributed by atoms with van der Waals surface area (Å²) in [6, 6.07) is 9.35. The third-order valence-corrected chi connectivity index (χ3v) is 4.12. The van der Waals surface area contributed by atoms with Crippen LogP contribution in [-0.4, -0.2) is 23.7 Å². The molecule has 1 aromatic carbocycles. The largest absolute Gasteiger partial charge is 0.489 e. The number of amides is 2. The molecule has 0 saturated heterocycles. The summed E-state index contributed by atoms with van der Waals surface area (Å²) in [6.45, 7) is 4.90. The van der Waals surface area contributed by atoms with Crippen LogP contribution >= 0.6 is 11.3 Å². The summed E-state index contributed by atoms with van der Waals surface area (Å²) in [5.74, 6) is 0.798. The number of rotatable bonds is 7. The average molecular weight is 319 g/mol. The normalized spacial score (nSPS) is 11.7. The number of para-hydroxylation sites is 1. The number of ether oxygens (including phenoxy) is 1. The molecular formula is C16H21N3O2S. The van der Waals surface area contributed by atoms with Gasteiger partial charge in [0.25, 0.3) is 0 Å². The fraction of sp³-hybridized carbons (Fsp3) is 0.375. The molecule has 5 nitrogen and oxygen atoms in total. The SMILES string of the molecule is CCc1cnc(CNC(=O)NC[C@@H](C)Oc2ccccc2)s1. The van der Waals surface area contributed by atoms with Gasteiger partial charge in [-0.1, -0.05) is 25.1 Å². The minimum Gasteiger partial charge on any atom is -0.489 e. The Morgan fingerprint density at radius 1 is 1.32 bits per heavy atom. The number of thiazole rings is 1. The first-order valence-corrected chi connectivity index (χ1v) is 8.16. The monoisotopic (exact) mass is 319 g/mol. The fourth-order valence-corrected chi connectivity index (χ4v) is 2.62. The van der Waals surface area contributed by atoms with E-state index < -0.39 is 0 Å². The molecule has 0 aliphatic rings. The van der Waals surface area contributed by atoms with Gasteiger partial charge >= 0.3 is 6.03 Å². The molecule has 0 radical (unpaired) electrons. The molecule has 1 atom stereocenters. The van der Waals surface area contributed by atoms with E-state index in [1.54, 1.807) is 11.3 Å². The number of hydrogen-bond donors (Lipinski definition) is 2. The number of aryl methyl sites for hydroxylation is 1. The number of nitrogens with zero attached hydrogens (tertiary/aromatic N) is 1. The van der Waals surface area contributed by atoms with Crippen molar-refractivity contribution in [1.82, 2.24) is 15.6 Å². The van der Waals surface area contributed by atoms with Gasteiger partial charge in [-0.25, -0.2) is 9.78 Å². The van der Waals surface area contributed by atoms with Crippen LogP contribution in [-0.2, 0) is 13.0 Å². The van der Waals surface area contributed by atoms with Crippen LogP contribution < -0.4 is 15.4 Å². The first-order chi connectivity index (χ1) is 10.7. The third kappa shape index (κ3) is 5.37. The van der Waals surface area contributed by atoms with Gasteiger partial charge < -0.3 is 15.4 Å². The Morgan fingerprint density at radius 2 is 2.09 bits per heavy atom. The van der Waals surface area contributed by atoms with Crippen molar-refractivity contribution in [3.05, 3.63) is 46.4 Å². The first kappa shape index (κ1) is 16.3. The zero-order valence-electron chi connectivity index (χ0n) is 12.8. The lowest BCUT2D eigenvalue weighted by atomic mass is 10.3. The quantitative estimate of drug-likeness (QED) is 0.824. The number of carbonyl (C=O) groups is 1. The molecule has 0 aliphatic heterocycles. The molecule has 1 heterocycles. The van der Waals surface area contributed by atoms with Gasteiger partial charge in [0.15, 0.2) is 0 Å². The molecule has 2 N–H and O–H groups in total. The van der Waals surface area contributed by atoms with E-state index in [0.717, 1.165) is 17.2 Å². The summed E-state index contributed by atoms with van der Waals surface area (Å²) in [5, 5.41) is 6.51. The van der Waals surface area contributed by atoms with Gasteiger partial charge in [-0.2, -0.15) is 0 Å². The fourth-order valence-electron chi connectivity index (χ4n) is 1.82. The van der Waals surface area contributed by atoms with Gasteiger partial charge in [-0.05, 0) is 25.5 Å². The second-order valence-electron chi connectivity index (χ2n) is 4.88. The van der Waals surface area contributed by atoms with Crippen molar-refractivity contribution in [1.29, 1.82) is 0 Å². The Kier molecular flexibility index (Phi) is 6.21. The maximum Gasteiger partial charge on any atom is 0.315 e. The molecule has 118 valence electrons. The second-order valence-corrected chi connectivity index (χ2v) is 6.08. The molecule has 0 spiro atoms. The minimum absolute atomic E-state index is 0.0975. The summed E-state index contributed by atoms with van der Waals surface area (Å²) in [6.07, 6.45) is 2.73. The Hall–Kier alpha value is -2.08. The predicted molar refractivity (Wildman–Crippen MR) is 88.3 cm³/mol. The van der Waals surface area contributed by atoms with E-state index in [2.05, 4.69) is 22.5 Å². The standard InChI is InChI=1S/C16H21N3O2S/c1-3-14-10-17-15(22-14)11-19-16(20)18-9-12(2)21-13-7-5-4-6-8-13/h4-8,10,12H,3,9,11H2,1-2H3,(H2,18,19,20)/t12-/m1/s1. The van der Waals surface area contributed by atoms with Gasteiger partial charge in [-0.3, -0.25) is 0 Å². The number of nitrogens with one attached hydrogen (secondary N) is 2. The summed E-state index contributed by atoms with van der Waals surface area (Å²) in [5.41, 5.74) is 0. The van der Waals surface area contributed by atoms with E-state index in [0.29, 0.717) is 13.1 Å². The maximum atomic E-state index is 11.7. The predicted octanol–water partition coefficient (Wildman–Crippen LogP) is 2.97. The van der Waals surface area contributed by atoms with Crippen LogP contribution in [0.15, 0.2) is 36.5 Å². The Labute approximate surface area is 134 Å². The molecule has 0 bridgehead atoms. The molecule has 2 aromatic rings. The van der Waals surface area contributed by atoms with E-state index in [9.17, 15) is 4.79 Å². The number of benzene rings is 1. The summed E-state index contributed by atoms with van der Waals surface area (Å²) in [7, 11) is 0. The topological polar surface area (TPSA) is 63.2 Å². The zero-order chi connectivity index (χ0) is 15.8. The molecule has 6 heteroatoms. The van der Waals surface area contributed by atoms with Gasteiger partial charge in [-0.15, -0.1) is 11.3 Å². The minimum atomic E-state index is -0.211. The third-order valence-electron chi connectivity index (χ3n) is 2.98. The number of carbonyl (C=O) groups excluding carboxylic acids is 1. The zero-order valence-corrected chi connectivity index (χ0v) is 13.7. The van der Waals surface area contributed by atoms with Crippen LogP contribution in [0.4, 0.5) is 4.79 Å². The van der Waals surface area contributed by atoms with Crippen molar-refractivity contribution < 1.29 is 9.53 Å². The van der Waals surface area contributed by atoms with Gasteiger partial charge in [0, 0.05) is 11.1 Å². The van der Waals surface area contributed by atoms with Crippen LogP contribution in [0, 0.1) is 0 Å². The maximum absolute atomic E-state index is 11.7. The Morgan fingerprint density at radius 3 is 2.77 bits per heavy atom. The highest BCUT2D eigenvalue weighted by Crippen LogP contribution is 2.13. The second kappa shape index (κ2) is 8.38. The molecular weight excluding hydrogens is 298 g/mol. The number of urea groups is 1. The van der Waals surface area contributed by atoms with E-state index in [-0.39, 0.29) is 12.1 Å². The Balaban J connectivity index is 1.66. The van der Waals surface area contributed by atoms with Crippen LogP contribution in [0.25, 0.3) is 0 Å². The molecule has 2 rings (SSSR count). The highest BCUT2D eigenvalue weighted by Gasteiger charge is 2.07. The number of aromatic nitrogens is 1. The van der Waals surface area contributed by atoms with Crippen molar-refractivity contribution in [2.75, 3.05) is 6.54 Å². The highest BCUT2D eigenvalue weighted by molar-refractivity contribution is 7.11. The lowest BCUT2D eigenvalue weighted by molar-refractivity contribution is 0.207. The molecule has 0 saturated carbocycles. The lowest BCUT2D eigenvalue weighted by Gasteiger charge is -2.15. The molecule has 2 amide bonds. The summed E-state index contributed by atoms with van der Waals surface area (Å²) in [4.78, 5) is 17.2. The Bertz CT molecular complexity index is 586. The molecule has 0 fully saturated rings.